The third-order valence-electron chi connectivity index (χ3n) is 3.52. The highest BCUT2D eigenvalue weighted by Gasteiger charge is 2.15. The lowest BCUT2D eigenvalue weighted by Crippen LogP contribution is -2.07. The first-order valence-electron chi connectivity index (χ1n) is 7.25. The lowest BCUT2D eigenvalue weighted by Gasteiger charge is -2.02. The summed E-state index contributed by atoms with van der Waals surface area (Å²) in [6.45, 7) is -0.241. The van der Waals surface area contributed by atoms with E-state index in [4.69, 9.17) is 4.74 Å². The van der Waals surface area contributed by atoms with Gasteiger partial charge in [-0.15, -0.1) is 10.2 Å². The van der Waals surface area contributed by atoms with Crippen molar-refractivity contribution in [3.8, 4) is 11.6 Å². The van der Waals surface area contributed by atoms with Crippen LogP contribution < -0.4 is 4.74 Å². The molecule has 8 heteroatoms. The summed E-state index contributed by atoms with van der Waals surface area (Å²) in [5.74, 6) is -0.0567. The molecule has 1 heterocycles. The number of carbonyl (C=O) groups excluding carboxylic acids is 1. The van der Waals surface area contributed by atoms with Gasteiger partial charge in [-0.05, 0) is 36.4 Å². The van der Waals surface area contributed by atoms with Gasteiger partial charge < -0.3 is 14.4 Å². The summed E-state index contributed by atoms with van der Waals surface area (Å²) in [5, 5.41) is 18.5. The highest BCUT2D eigenvalue weighted by atomic mass is 79.9. The molecule has 128 valence electrons. The van der Waals surface area contributed by atoms with Gasteiger partial charge >= 0.3 is 5.91 Å². The minimum Gasteiger partial charge on any atom is -0.493 e. The summed E-state index contributed by atoms with van der Waals surface area (Å²) < 4.78 is 8.64. The van der Waals surface area contributed by atoms with Crippen LogP contribution in [0.15, 0.2) is 61.6 Å². The van der Waals surface area contributed by atoms with E-state index >= 15 is 0 Å². The molecule has 0 radical (unpaired) electrons. The fourth-order valence-electron chi connectivity index (χ4n) is 2.32. The van der Waals surface area contributed by atoms with E-state index in [0.717, 1.165) is 14.5 Å². The Morgan fingerprint density at radius 3 is 2.72 bits per heavy atom. The smallest absolute Gasteiger partial charge is 0.302 e. The van der Waals surface area contributed by atoms with Gasteiger partial charge in [-0.25, -0.2) is 0 Å². The largest absolute Gasteiger partial charge is 0.493 e. The predicted molar refractivity (Wildman–Crippen MR) is 101 cm³/mol. The lowest BCUT2D eigenvalue weighted by atomic mass is 10.2. The average molecular weight is 467 g/mol. The fraction of sp³-hybridized carbons (Fsp3) is 0.118. The molecule has 0 fully saturated rings. The third kappa shape index (κ3) is 3.91. The van der Waals surface area contributed by atoms with Crippen molar-refractivity contribution in [3.05, 3.63) is 51.4 Å². The number of azo groups is 1. The molecular weight excluding hydrogens is 454 g/mol. The monoisotopic (exact) mass is 465 g/mol. The first kappa shape index (κ1) is 17.6. The van der Waals surface area contributed by atoms with Gasteiger partial charge in [0.1, 0.15) is 5.75 Å². The van der Waals surface area contributed by atoms with Crippen molar-refractivity contribution < 1.29 is 14.6 Å². The summed E-state index contributed by atoms with van der Waals surface area (Å²) in [7, 11) is 1.71. The van der Waals surface area contributed by atoms with Crippen LogP contribution in [0.5, 0.6) is 11.6 Å². The molecule has 6 nitrogen and oxygen atoms in total. The number of aryl methyl sites for hydroxylation is 1. The Balaban J connectivity index is 1.77. The Bertz CT molecular complexity index is 983. The standard InChI is InChI=1S/C17H13Br2N3O3/c1-22-14-6-5-11(19)8-13(14)16(17(22)24)21-20-15(23)9-25-12-4-2-3-10(18)7-12/h2-8,24H,9H2,1H3. The molecule has 25 heavy (non-hydrogen) atoms. The molecule has 1 aromatic heterocycles. The number of aromatic hydroxyl groups is 1. The zero-order chi connectivity index (χ0) is 18.0. The first-order valence-corrected chi connectivity index (χ1v) is 8.84. The first-order chi connectivity index (χ1) is 12.0. The summed E-state index contributed by atoms with van der Waals surface area (Å²) in [4.78, 5) is 11.9. The number of aromatic nitrogens is 1. The summed E-state index contributed by atoms with van der Waals surface area (Å²) in [5.41, 5.74) is 1.03. The van der Waals surface area contributed by atoms with Crippen LogP contribution in [0.1, 0.15) is 0 Å². The van der Waals surface area contributed by atoms with E-state index in [1.807, 2.05) is 24.3 Å². The number of carbonyl (C=O) groups is 1. The van der Waals surface area contributed by atoms with Gasteiger partial charge in [-0.3, -0.25) is 4.79 Å². The van der Waals surface area contributed by atoms with Crippen LogP contribution in [0, 0.1) is 0 Å². The van der Waals surface area contributed by atoms with Gasteiger partial charge in [0.2, 0.25) is 5.88 Å². The summed E-state index contributed by atoms with van der Waals surface area (Å²) in [6.07, 6.45) is 0. The zero-order valence-electron chi connectivity index (χ0n) is 13.1. The molecule has 0 atom stereocenters. The topological polar surface area (TPSA) is 76.2 Å². The van der Waals surface area contributed by atoms with Gasteiger partial charge in [0, 0.05) is 21.4 Å². The van der Waals surface area contributed by atoms with Gasteiger partial charge in [0.25, 0.3) is 0 Å². The highest BCUT2D eigenvalue weighted by Crippen LogP contribution is 2.39. The molecule has 0 bridgehead atoms. The molecule has 0 unspecified atom stereocenters. The molecule has 2 aromatic carbocycles. The Labute approximate surface area is 160 Å². The molecule has 3 rings (SSSR count). The zero-order valence-corrected chi connectivity index (χ0v) is 16.3. The maximum absolute atomic E-state index is 11.9. The van der Waals surface area contributed by atoms with Gasteiger partial charge in [0.15, 0.2) is 12.3 Å². The van der Waals surface area contributed by atoms with Crippen molar-refractivity contribution in [2.75, 3.05) is 6.61 Å². The van der Waals surface area contributed by atoms with Crippen molar-refractivity contribution in [2.45, 2.75) is 0 Å². The Morgan fingerprint density at radius 2 is 1.96 bits per heavy atom. The molecule has 3 aromatic rings. The maximum Gasteiger partial charge on any atom is 0.302 e. The van der Waals surface area contributed by atoms with E-state index in [9.17, 15) is 9.90 Å². The average Bonchev–Trinajstić information content (AvgIpc) is 2.82. The number of amides is 1. The van der Waals surface area contributed by atoms with Crippen LogP contribution in [-0.2, 0) is 11.8 Å². The Morgan fingerprint density at radius 1 is 1.20 bits per heavy atom. The van der Waals surface area contributed by atoms with E-state index in [0.29, 0.717) is 11.1 Å². The van der Waals surface area contributed by atoms with Gasteiger partial charge in [0.05, 0.1) is 5.52 Å². The van der Waals surface area contributed by atoms with Crippen LogP contribution in [-0.4, -0.2) is 22.2 Å². The minimum absolute atomic E-state index is 0.0578. The molecule has 1 N–H and O–H groups in total. The number of hydrogen-bond donors (Lipinski definition) is 1. The van der Waals surface area contributed by atoms with Crippen LogP contribution in [0.3, 0.4) is 0 Å². The normalized spacial score (nSPS) is 11.3. The molecule has 0 saturated heterocycles. The molecule has 0 aliphatic heterocycles. The molecule has 1 amide bonds. The van der Waals surface area contributed by atoms with E-state index < -0.39 is 5.91 Å². The lowest BCUT2D eigenvalue weighted by molar-refractivity contribution is -0.120. The van der Waals surface area contributed by atoms with Crippen molar-refractivity contribution in [1.82, 2.24) is 4.57 Å². The second-order valence-electron chi connectivity index (χ2n) is 5.23. The van der Waals surface area contributed by atoms with Crippen LogP contribution in [0.2, 0.25) is 0 Å². The van der Waals surface area contributed by atoms with E-state index in [1.54, 1.807) is 29.8 Å². The van der Waals surface area contributed by atoms with Crippen molar-refractivity contribution >= 4 is 54.4 Å². The fourth-order valence-corrected chi connectivity index (χ4v) is 3.06. The second kappa shape index (κ2) is 7.37. The van der Waals surface area contributed by atoms with E-state index in [1.165, 1.54) is 0 Å². The Hall–Kier alpha value is -2.19. The summed E-state index contributed by atoms with van der Waals surface area (Å²) in [6, 6.07) is 12.7. The second-order valence-corrected chi connectivity index (χ2v) is 7.06. The van der Waals surface area contributed by atoms with Gasteiger partial charge in [-0.1, -0.05) is 37.9 Å². The molecular formula is C17H13Br2N3O3. The van der Waals surface area contributed by atoms with Crippen molar-refractivity contribution in [3.63, 3.8) is 0 Å². The number of ether oxygens (including phenoxy) is 1. The van der Waals surface area contributed by atoms with Gasteiger partial charge in [-0.2, -0.15) is 0 Å². The number of benzene rings is 2. The number of hydrogen-bond acceptors (Lipinski definition) is 4. The third-order valence-corrected chi connectivity index (χ3v) is 4.51. The molecule has 0 aliphatic rings. The number of halogens is 2. The maximum atomic E-state index is 11.9. The molecule has 0 aliphatic carbocycles. The van der Waals surface area contributed by atoms with Crippen molar-refractivity contribution in [1.29, 1.82) is 0 Å². The quantitative estimate of drug-likeness (QED) is 0.543. The number of nitrogens with zero attached hydrogens (tertiary/aromatic N) is 3. The molecule has 0 saturated carbocycles. The highest BCUT2D eigenvalue weighted by molar-refractivity contribution is 9.10. The van der Waals surface area contributed by atoms with Crippen LogP contribution in [0.4, 0.5) is 5.69 Å². The number of rotatable bonds is 4. The SMILES string of the molecule is Cn1c(O)c(N=NC(=O)COc2cccc(Br)c2)c2cc(Br)ccc21. The predicted octanol–water partition coefficient (Wildman–Crippen LogP) is 5.10. The summed E-state index contributed by atoms with van der Waals surface area (Å²) >= 11 is 6.71. The Kier molecular flexibility index (Phi) is 5.19. The molecule has 0 spiro atoms. The van der Waals surface area contributed by atoms with Crippen molar-refractivity contribution in [2.24, 2.45) is 17.3 Å². The van der Waals surface area contributed by atoms with Crippen LogP contribution >= 0.6 is 31.9 Å². The minimum atomic E-state index is -0.550. The van der Waals surface area contributed by atoms with E-state index in [2.05, 4.69) is 42.1 Å². The van der Waals surface area contributed by atoms with E-state index in [-0.39, 0.29) is 18.2 Å². The number of fused-ring (bicyclic) bond motifs is 1. The van der Waals surface area contributed by atoms with Crippen LogP contribution in [0.25, 0.3) is 10.9 Å².